The zero-order chi connectivity index (χ0) is 43.7. The number of fused-ring (bicyclic) bond motifs is 3. The highest BCUT2D eigenvalue weighted by Crippen LogP contribution is 2.54. The lowest BCUT2D eigenvalue weighted by molar-refractivity contribution is 0.660. The Kier molecular flexibility index (Phi) is 10.3. The molecule has 2 heteroatoms. The van der Waals surface area contributed by atoms with Gasteiger partial charge in [-0.1, -0.05) is 202 Å². The van der Waals surface area contributed by atoms with E-state index in [0.717, 1.165) is 39.7 Å². The summed E-state index contributed by atoms with van der Waals surface area (Å²) in [7, 11) is 0. The van der Waals surface area contributed by atoms with Gasteiger partial charge in [0, 0.05) is 39.5 Å². The van der Waals surface area contributed by atoms with Crippen molar-refractivity contribution in [1.82, 2.24) is 0 Å². The van der Waals surface area contributed by atoms with Crippen LogP contribution in [0.4, 0.5) is 34.1 Å². The molecule has 10 aromatic carbocycles. The average Bonchev–Trinajstić information content (AvgIpc) is 3.61. The van der Waals surface area contributed by atoms with E-state index in [2.05, 4.69) is 278 Å². The van der Waals surface area contributed by atoms with Crippen molar-refractivity contribution in [2.24, 2.45) is 0 Å². The Bertz CT molecular complexity index is 3160. The van der Waals surface area contributed by atoms with Crippen molar-refractivity contribution in [1.29, 1.82) is 0 Å². The van der Waals surface area contributed by atoms with Gasteiger partial charge in [0.25, 0.3) is 0 Å². The standard InChI is InChI=1S/C63H48N2/c1-63(2)59-38-22-37-57(47-27-13-5-14-28-47)62(59)58-40-39-52(44-60(58)63)65(51-33-19-8-20-34-51)54-42-48(41-53(43-54)64(49-29-15-6-16-30-49)50-31-17-7-18-32-50)61-55(45-23-9-3-10-24-45)35-21-36-56(61)46-25-11-4-12-26-46/h3-44H,1-2H3. The molecule has 0 fully saturated rings. The number of rotatable bonds is 10. The van der Waals surface area contributed by atoms with Gasteiger partial charge >= 0.3 is 0 Å². The van der Waals surface area contributed by atoms with E-state index >= 15 is 0 Å². The third-order valence-electron chi connectivity index (χ3n) is 13.0. The molecule has 0 spiro atoms. The largest absolute Gasteiger partial charge is 0.310 e. The van der Waals surface area contributed by atoms with Crippen LogP contribution < -0.4 is 9.80 Å². The zero-order valence-electron chi connectivity index (χ0n) is 36.6. The summed E-state index contributed by atoms with van der Waals surface area (Å²) in [5.41, 5.74) is 21.0. The fourth-order valence-corrected chi connectivity index (χ4v) is 9.98. The predicted molar refractivity (Wildman–Crippen MR) is 275 cm³/mol. The van der Waals surface area contributed by atoms with Crippen molar-refractivity contribution in [2.45, 2.75) is 19.3 Å². The van der Waals surface area contributed by atoms with Crippen LogP contribution in [0.2, 0.25) is 0 Å². The molecule has 310 valence electrons. The van der Waals surface area contributed by atoms with Crippen molar-refractivity contribution in [3.8, 4) is 55.6 Å². The average molecular weight is 833 g/mol. The number of nitrogens with zero attached hydrogens (tertiary/aromatic N) is 2. The maximum atomic E-state index is 2.45. The molecule has 11 rings (SSSR count). The SMILES string of the molecule is CC1(C)c2cc(N(c3ccccc3)c3cc(-c4c(-c5ccccc5)cccc4-c4ccccc4)cc(N(c4ccccc4)c4ccccc4)c3)ccc2-c2c(-c3ccccc3)cccc21. The van der Waals surface area contributed by atoms with Crippen LogP contribution in [0.5, 0.6) is 0 Å². The molecule has 0 heterocycles. The molecule has 1 aliphatic rings. The quantitative estimate of drug-likeness (QED) is 0.135. The molecule has 0 bridgehead atoms. The summed E-state index contributed by atoms with van der Waals surface area (Å²) >= 11 is 0. The molecule has 65 heavy (non-hydrogen) atoms. The van der Waals surface area contributed by atoms with Crippen molar-refractivity contribution in [3.63, 3.8) is 0 Å². The molecular formula is C63H48N2. The van der Waals surface area contributed by atoms with Crippen LogP contribution in [0.15, 0.2) is 255 Å². The summed E-state index contributed by atoms with van der Waals surface area (Å²) in [4.78, 5) is 4.84. The third kappa shape index (κ3) is 7.29. The van der Waals surface area contributed by atoms with Gasteiger partial charge in [0.05, 0.1) is 0 Å². The first-order valence-corrected chi connectivity index (χ1v) is 22.5. The van der Waals surface area contributed by atoms with Gasteiger partial charge in [-0.15, -0.1) is 0 Å². The van der Waals surface area contributed by atoms with E-state index in [4.69, 9.17) is 0 Å². The van der Waals surface area contributed by atoms with Crippen molar-refractivity contribution in [2.75, 3.05) is 9.80 Å². The lowest BCUT2D eigenvalue weighted by Crippen LogP contribution is -2.17. The minimum atomic E-state index is -0.225. The van der Waals surface area contributed by atoms with Gasteiger partial charge in [-0.3, -0.25) is 0 Å². The molecule has 2 nitrogen and oxygen atoms in total. The maximum absolute atomic E-state index is 2.45. The fourth-order valence-electron chi connectivity index (χ4n) is 9.98. The summed E-state index contributed by atoms with van der Waals surface area (Å²) in [6.45, 7) is 4.76. The van der Waals surface area contributed by atoms with E-state index in [1.165, 1.54) is 61.2 Å². The van der Waals surface area contributed by atoms with Gasteiger partial charge < -0.3 is 9.80 Å². The number of hydrogen-bond donors (Lipinski definition) is 0. The molecule has 0 N–H and O–H groups in total. The molecule has 0 radical (unpaired) electrons. The molecule has 1 aliphatic carbocycles. The molecule has 0 aromatic heterocycles. The highest BCUT2D eigenvalue weighted by atomic mass is 15.2. The summed E-state index contributed by atoms with van der Waals surface area (Å²) in [5.74, 6) is 0. The monoisotopic (exact) mass is 832 g/mol. The van der Waals surface area contributed by atoms with Crippen molar-refractivity contribution >= 4 is 34.1 Å². The smallest absolute Gasteiger partial charge is 0.0488 e. The highest BCUT2D eigenvalue weighted by Gasteiger charge is 2.37. The van der Waals surface area contributed by atoms with E-state index in [1.807, 2.05) is 0 Å². The van der Waals surface area contributed by atoms with Crippen LogP contribution in [0.25, 0.3) is 55.6 Å². The van der Waals surface area contributed by atoms with Crippen molar-refractivity contribution < 1.29 is 0 Å². The number of para-hydroxylation sites is 3. The van der Waals surface area contributed by atoms with Gasteiger partial charge in [-0.05, 0) is 133 Å². The van der Waals surface area contributed by atoms with E-state index in [-0.39, 0.29) is 5.41 Å². The van der Waals surface area contributed by atoms with Gasteiger partial charge in [-0.25, -0.2) is 0 Å². The minimum Gasteiger partial charge on any atom is -0.310 e. The molecule has 0 atom stereocenters. The molecule has 0 unspecified atom stereocenters. The second kappa shape index (κ2) is 16.8. The summed E-state index contributed by atoms with van der Waals surface area (Å²) in [5, 5.41) is 0. The first kappa shape index (κ1) is 39.6. The van der Waals surface area contributed by atoms with Crippen LogP contribution in [0, 0.1) is 0 Å². The predicted octanol–water partition coefficient (Wildman–Crippen LogP) is 17.6. The Hall–Kier alpha value is -8.20. The minimum absolute atomic E-state index is 0.225. The lowest BCUT2D eigenvalue weighted by Gasteiger charge is -2.31. The lowest BCUT2D eigenvalue weighted by atomic mass is 9.81. The van der Waals surface area contributed by atoms with Crippen LogP contribution in [-0.2, 0) is 5.41 Å². The Labute approximate surface area is 383 Å². The number of anilines is 6. The highest BCUT2D eigenvalue weighted by molar-refractivity contribution is 5.99. The first-order valence-electron chi connectivity index (χ1n) is 22.5. The molecule has 0 amide bonds. The Balaban J connectivity index is 1.19. The fraction of sp³-hybridized carbons (Fsp3) is 0.0476. The topological polar surface area (TPSA) is 6.48 Å². The summed E-state index contributed by atoms with van der Waals surface area (Å²) < 4.78 is 0. The third-order valence-corrected chi connectivity index (χ3v) is 13.0. The summed E-state index contributed by atoms with van der Waals surface area (Å²) in [6.07, 6.45) is 0. The van der Waals surface area contributed by atoms with Gasteiger partial charge in [0.15, 0.2) is 0 Å². The van der Waals surface area contributed by atoms with Crippen LogP contribution in [0.3, 0.4) is 0 Å². The number of hydrogen-bond acceptors (Lipinski definition) is 2. The van der Waals surface area contributed by atoms with Crippen LogP contribution in [-0.4, -0.2) is 0 Å². The molecule has 0 aliphatic heterocycles. The second-order valence-electron chi connectivity index (χ2n) is 17.3. The summed E-state index contributed by atoms with van der Waals surface area (Å²) in [6, 6.07) is 92.6. The zero-order valence-corrected chi connectivity index (χ0v) is 36.6. The van der Waals surface area contributed by atoms with Gasteiger partial charge in [0.1, 0.15) is 0 Å². The first-order chi connectivity index (χ1) is 32.0. The molecule has 10 aromatic rings. The number of benzene rings is 10. The van der Waals surface area contributed by atoms with Crippen LogP contribution in [0.1, 0.15) is 25.0 Å². The van der Waals surface area contributed by atoms with Crippen molar-refractivity contribution in [3.05, 3.63) is 266 Å². The van der Waals surface area contributed by atoms with Gasteiger partial charge in [-0.2, -0.15) is 0 Å². The second-order valence-corrected chi connectivity index (χ2v) is 17.3. The van der Waals surface area contributed by atoms with E-state index in [1.54, 1.807) is 0 Å². The van der Waals surface area contributed by atoms with E-state index in [9.17, 15) is 0 Å². The maximum Gasteiger partial charge on any atom is 0.0488 e. The normalized spacial score (nSPS) is 12.3. The molecule has 0 saturated heterocycles. The Morgan fingerprint density at radius 2 is 0.631 bits per heavy atom. The van der Waals surface area contributed by atoms with Gasteiger partial charge in [0.2, 0.25) is 0 Å². The van der Waals surface area contributed by atoms with E-state index in [0.29, 0.717) is 0 Å². The van der Waals surface area contributed by atoms with E-state index < -0.39 is 0 Å². The molecular weight excluding hydrogens is 785 g/mol. The Morgan fingerprint density at radius 1 is 0.246 bits per heavy atom. The van der Waals surface area contributed by atoms with Crippen LogP contribution >= 0.6 is 0 Å². The molecule has 0 saturated carbocycles. The Morgan fingerprint density at radius 3 is 1.08 bits per heavy atom.